The molecule has 0 unspecified atom stereocenters. The van der Waals surface area contributed by atoms with Crippen LogP contribution in [0.1, 0.15) is 10.6 Å². The van der Waals surface area contributed by atoms with Gasteiger partial charge in [-0.3, -0.25) is 4.79 Å². The number of hydrogen-bond acceptors (Lipinski definition) is 3. The molecule has 3 nitrogen and oxygen atoms in total. The molecule has 0 fully saturated rings. The second-order valence-electron chi connectivity index (χ2n) is 4.95. The summed E-state index contributed by atoms with van der Waals surface area (Å²) >= 11 is 0. The molecule has 3 heteroatoms. The van der Waals surface area contributed by atoms with Crippen LogP contribution in [-0.2, 0) is 0 Å². The van der Waals surface area contributed by atoms with Gasteiger partial charge in [-0.1, -0.05) is 30.3 Å². The first-order valence-corrected chi connectivity index (χ1v) is 6.45. The highest BCUT2D eigenvalue weighted by Gasteiger charge is 2.11. The van der Waals surface area contributed by atoms with Crippen LogP contribution in [0.15, 0.2) is 59.2 Å². The number of nitrogens with zero attached hydrogens (tertiary/aromatic N) is 1. The van der Waals surface area contributed by atoms with E-state index in [1.807, 2.05) is 55.4 Å². The summed E-state index contributed by atoms with van der Waals surface area (Å²) in [4.78, 5) is 13.9. The van der Waals surface area contributed by atoms with Gasteiger partial charge in [-0.15, -0.1) is 0 Å². The SMILES string of the molecule is CN(C)C=CC(=O)c1cc2c(ccc3ccccc32)o1. The Bertz CT molecular complexity index is 812. The van der Waals surface area contributed by atoms with Gasteiger partial charge in [0, 0.05) is 31.8 Å². The van der Waals surface area contributed by atoms with Crippen molar-refractivity contribution in [3.8, 4) is 0 Å². The second-order valence-corrected chi connectivity index (χ2v) is 4.95. The average molecular weight is 265 g/mol. The van der Waals surface area contributed by atoms with Crippen molar-refractivity contribution in [3.63, 3.8) is 0 Å². The fraction of sp³-hybridized carbons (Fsp3) is 0.118. The molecule has 0 N–H and O–H groups in total. The van der Waals surface area contributed by atoms with Crippen molar-refractivity contribution in [2.75, 3.05) is 14.1 Å². The molecule has 1 aromatic heterocycles. The van der Waals surface area contributed by atoms with Gasteiger partial charge in [-0.2, -0.15) is 0 Å². The summed E-state index contributed by atoms with van der Waals surface area (Å²) in [5.41, 5.74) is 0.741. The molecule has 2 aromatic carbocycles. The van der Waals surface area contributed by atoms with Gasteiger partial charge < -0.3 is 9.32 Å². The Kier molecular flexibility index (Phi) is 3.03. The number of benzene rings is 2. The lowest BCUT2D eigenvalue weighted by Gasteiger charge is -2.01. The minimum atomic E-state index is -0.126. The molecule has 3 rings (SSSR count). The average Bonchev–Trinajstić information content (AvgIpc) is 2.89. The second kappa shape index (κ2) is 4.85. The Labute approximate surface area is 117 Å². The Morgan fingerprint density at radius 2 is 1.90 bits per heavy atom. The van der Waals surface area contributed by atoms with E-state index in [2.05, 4.69) is 6.07 Å². The summed E-state index contributed by atoms with van der Waals surface area (Å²) in [6.07, 6.45) is 3.23. The molecule has 0 saturated heterocycles. The largest absolute Gasteiger partial charge is 0.453 e. The lowest BCUT2D eigenvalue weighted by Crippen LogP contribution is -2.02. The zero-order valence-corrected chi connectivity index (χ0v) is 11.5. The molecule has 0 aliphatic rings. The molecule has 0 atom stereocenters. The number of fused-ring (bicyclic) bond motifs is 3. The smallest absolute Gasteiger partial charge is 0.222 e. The minimum Gasteiger partial charge on any atom is -0.453 e. The molecule has 0 radical (unpaired) electrons. The van der Waals surface area contributed by atoms with E-state index in [0.29, 0.717) is 5.76 Å². The van der Waals surface area contributed by atoms with Crippen molar-refractivity contribution in [2.45, 2.75) is 0 Å². The van der Waals surface area contributed by atoms with Gasteiger partial charge in [-0.25, -0.2) is 0 Å². The van der Waals surface area contributed by atoms with Crippen LogP contribution in [-0.4, -0.2) is 24.8 Å². The van der Waals surface area contributed by atoms with Gasteiger partial charge in [0.05, 0.1) is 0 Å². The van der Waals surface area contributed by atoms with Gasteiger partial charge in [0.25, 0.3) is 0 Å². The normalized spacial score (nSPS) is 11.5. The first-order chi connectivity index (χ1) is 9.65. The van der Waals surface area contributed by atoms with Crippen molar-refractivity contribution in [3.05, 3.63) is 60.5 Å². The maximum absolute atomic E-state index is 12.0. The molecule has 0 saturated carbocycles. The quantitative estimate of drug-likeness (QED) is 0.533. The van der Waals surface area contributed by atoms with Crippen LogP contribution in [0.4, 0.5) is 0 Å². The topological polar surface area (TPSA) is 33.5 Å². The lowest BCUT2D eigenvalue weighted by molar-refractivity contribution is 0.102. The van der Waals surface area contributed by atoms with Gasteiger partial charge in [0.2, 0.25) is 5.78 Å². The Hall–Kier alpha value is -2.55. The fourth-order valence-electron chi connectivity index (χ4n) is 2.21. The van der Waals surface area contributed by atoms with E-state index in [9.17, 15) is 4.79 Å². The Morgan fingerprint density at radius 3 is 2.70 bits per heavy atom. The third-order valence-electron chi connectivity index (χ3n) is 3.19. The highest BCUT2D eigenvalue weighted by molar-refractivity contribution is 6.10. The number of hydrogen-bond donors (Lipinski definition) is 0. The van der Waals surface area contributed by atoms with Crippen molar-refractivity contribution in [1.82, 2.24) is 4.90 Å². The summed E-state index contributed by atoms with van der Waals surface area (Å²) in [6, 6.07) is 13.8. The van der Waals surface area contributed by atoms with Gasteiger partial charge in [-0.05, 0) is 22.9 Å². The van der Waals surface area contributed by atoms with E-state index in [0.717, 1.165) is 21.7 Å². The van der Waals surface area contributed by atoms with Crippen molar-refractivity contribution < 1.29 is 9.21 Å². The Balaban J connectivity index is 2.11. The van der Waals surface area contributed by atoms with Crippen molar-refractivity contribution >= 4 is 27.5 Å². The molecule has 0 aliphatic carbocycles. The van der Waals surface area contributed by atoms with E-state index >= 15 is 0 Å². The summed E-state index contributed by atoms with van der Waals surface area (Å²) < 4.78 is 5.65. The molecule has 1 heterocycles. The van der Waals surface area contributed by atoms with Gasteiger partial charge in [0.1, 0.15) is 5.58 Å². The predicted octanol–water partition coefficient (Wildman–Crippen LogP) is 3.84. The zero-order chi connectivity index (χ0) is 14.1. The first-order valence-electron chi connectivity index (χ1n) is 6.45. The third kappa shape index (κ3) is 2.18. The van der Waals surface area contributed by atoms with Gasteiger partial charge in [0.15, 0.2) is 5.76 Å². The van der Waals surface area contributed by atoms with E-state index in [1.54, 1.807) is 6.20 Å². The summed E-state index contributed by atoms with van der Waals surface area (Å²) in [6.45, 7) is 0. The molecular weight excluding hydrogens is 250 g/mol. The van der Waals surface area contributed by atoms with Crippen molar-refractivity contribution in [1.29, 1.82) is 0 Å². The number of rotatable bonds is 3. The third-order valence-corrected chi connectivity index (χ3v) is 3.19. The molecule has 0 bridgehead atoms. The maximum atomic E-state index is 12.0. The summed E-state index contributed by atoms with van der Waals surface area (Å²) in [7, 11) is 3.74. The number of ketones is 1. The van der Waals surface area contributed by atoms with E-state index in [4.69, 9.17) is 4.42 Å². The van der Waals surface area contributed by atoms with Crippen LogP contribution >= 0.6 is 0 Å². The molecule has 0 aliphatic heterocycles. The van der Waals surface area contributed by atoms with Crippen molar-refractivity contribution in [2.24, 2.45) is 0 Å². The number of furan rings is 1. The standard InChI is InChI=1S/C17H15NO2/c1-18(2)10-9-15(19)17-11-14-13-6-4-3-5-12(13)7-8-16(14)20-17/h3-11H,1-2H3. The monoisotopic (exact) mass is 265 g/mol. The van der Waals surface area contributed by atoms with Crippen LogP contribution in [0.25, 0.3) is 21.7 Å². The van der Waals surface area contributed by atoms with Gasteiger partial charge >= 0.3 is 0 Å². The van der Waals surface area contributed by atoms with E-state index < -0.39 is 0 Å². The predicted molar refractivity (Wildman–Crippen MR) is 80.9 cm³/mol. The Morgan fingerprint density at radius 1 is 1.10 bits per heavy atom. The lowest BCUT2D eigenvalue weighted by atomic mass is 10.1. The number of carbonyl (C=O) groups excluding carboxylic acids is 1. The number of allylic oxidation sites excluding steroid dienone is 1. The molecular formula is C17H15NO2. The zero-order valence-electron chi connectivity index (χ0n) is 11.5. The van der Waals surface area contributed by atoms with Crippen LogP contribution in [0.5, 0.6) is 0 Å². The molecule has 0 spiro atoms. The number of carbonyl (C=O) groups is 1. The summed E-state index contributed by atoms with van der Waals surface area (Å²) in [5, 5.41) is 3.22. The maximum Gasteiger partial charge on any atom is 0.222 e. The molecule has 0 amide bonds. The van der Waals surface area contributed by atoms with E-state index in [-0.39, 0.29) is 5.78 Å². The minimum absolute atomic E-state index is 0.126. The highest BCUT2D eigenvalue weighted by Crippen LogP contribution is 2.28. The molecule has 20 heavy (non-hydrogen) atoms. The van der Waals surface area contributed by atoms with Crippen LogP contribution in [0.2, 0.25) is 0 Å². The summed E-state index contributed by atoms with van der Waals surface area (Å²) in [5.74, 6) is 0.244. The molecule has 3 aromatic rings. The van der Waals surface area contributed by atoms with E-state index in [1.165, 1.54) is 6.08 Å². The first kappa shape index (κ1) is 12.5. The molecule has 100 valence electrons. The van der Waals surface area contributed by atoms with Crippen LogP contribution in [0.3, 0.4) is 0 Å². The fourth-order valence-corrected chi connectivity index (χ4v) is 2.21. The highest BCUT2D eigenvalue weighted by atomic mass is 16.3. The van der Waals surface area contributed by atoms with Crippen LogP contribution in [0, 0.1) is 0 Å². The van der Waals surface area contributed by atoms with Crippen LogP contribution < -0.4 is 0 Å².